The fourth-order valence-electron chi connectivity index (χ4n) is 3.62. The number of ether oxygens (including phenoxy) is 1. The second-order valence-electron chi connectivity index (χ2n) is 7.23. The lowest BCUT2D eigenvalue weighted by molar-refractivity contribution is 0.122. The van der Waals surface area contributed by atoms with E-state index in [1.807, 2.05) is 24.4 Å². The molecule has 8 heteroatoms. The Morgan fingerprint density at radius 1 is 1.20 bits per heavy atom. The molecule has 1 fully saturated rings. The van der Waals surface area contributed by atoms with E-state index < -0.39 is 0 Å². The highest BCUT2D eigenvalue weighted by Gasteiger charge is 2.15. The van der Waals surface area contributed by atoms with Crippen molar-refractivity contribution < 1.29 is 4.74 Å². The van der Waals surface area contributed by atoms with E-state index in [9.17, 15) is 0 Å². The smallest absolute Gasteiger partial charge is 0.155 e. The lowest BCUT2D eigenvalue weighted by atomic mass is 10.1. The molecule has 4 heterocycles. The van der Waals surface area contributed by atoms with Crippen LogP contribution in [0.2, 0.25) is 0 Å². The van der Waals surface area contributed by atoms with Gasteiger partial charge in [-0.25, -0.2) is 9.97 Å². The van der Waals surface area contributed by atoms with Crippen LogP contribution in [0, 0.1) is 0 Å². The minimum Gasteiger partial charge on any atom is -0.378 e. The van der Waals surface area contributed by atoms with Crippen LogP contribution >= 0.6 is 0 Å². The van der Waals surface area contributed by atoms with Crippen molar-refractivity contribution in [2.45, 2.75) is 6.42 Å². The molecule has 0 bridgehead atoms. The topological polar surface area (TPSA) is 87.0 Å². The number of hydrogen-bond acceptors (Lipinski definition) is 8. The van der Waals surface area contributed by atoms with E-state index in [0.717, 1.165) is 62.9 Å². The largest absolute Gasteiger partial charge is 0.378 e. The zero-order valence-electron chi connectivity index (χ0n) is 17.1. The van der Waals surface area contributed by atoms with E-state index in [0.29, 0.717) is 23.7 Å². The maximum absolute atomic E-state index is 5.42. The Morgan fingerprint density at radius 3 is 2.73 bits per heavy atom. The van der Waals surface area contributed by atoms with Gasteiger partial charge < -0.3 is 20.3 Å². The molecule has 2 aromatic heterocycles. The number of morpholine rings is 1. The first-order valence-corrected chi connectivity index (χ1v) is 10.2. The third-order valence-corrected chi connectivity index (χ3v) is 5.27. The van der Waals surface area contributed by atoms with Gasteiger partial charge in [-0.15, -0.1) is 0 Å². The lowest BCUT2D eigenvalue weighted by Crippen LogP contribution is -2.36. The van der Waals surface area contributed by atoms with Gasteiger partial charge in [-0.3, -0.25) is 9.98 Å². The molecule has 2 aliphatic heterocycles. The molecule has 2 N–H and O–H groups in total. The molecule has 8 nitrogen and oxygen atoms in total. The van der Waals surface area contributed by atoms with E-state index in [4.69, 9.17) is 9.72 Å². The van der Waals surface area contributed by atoms with Crippen molar-refractivity contribution in [3.63, 3.8) is 0 Å². The second-order valence-corrected chi connectivity index (χ2v) is 7.23. The summed E-state index contributed by atoms with van der Waals surface area (Å²) >= 11 is 0. The van der Waals surface area contributed by atoms with E-state index in [1.54, 1.807) is 0 Å². The van der Waals surface area contributed by atoms with Crippen LogP contribution in [-0.4, -0.2) is 69.3 Å². The Kier molecular flexibility index (Phi) is 6.46. The maximum atomic E-state index is 5.42. The Morgan fingerprint density at radius 2 is 2.07 bits per heavy atom. The van der Waals surface area contributed by atoms with Crippen LogP contribution in [0.5, 0.6) is 0 Å². The highest BCUT2D eigenvalue weighted by atomic mass is 16.5. The SMILES string of the molecule is C=Nc1cc(-c2ccc(N3CCOCC3)nc2)nc(NCC2=CCCNC2)c1N=C. The first kappa shape index (κ1) is 20.2. The molecule has 1 saturated heterocycles. The van der Waals surface area contributed by atoms with E-state index in [1.165, 1.54) is 5.57 Å². The fourth-order valence-corrected chi connectivity index (χ4v) is 3.62. The summed E-state index contributed by atoms with van der Waals surface area (Å²) in [4.78, 5) is 19.9. The number of aromatic nitrogens is 2. The van der Waals surface area contributed by atoms with Gasteiger partial charge in [0.05, 0.1) is 24.6 Å². The van der Waals surface area contributed by atoms with Crippen molar-refractivity contribution in [2.75, 3.05) is 56.2 Å². The molecule has 4 rings (SSSR count). The number of pyridine rings is 2. The number of aliphatic imine (C=N–C) groups is 2. The first-order valence-electron chi connectivity index (χ1n) is 10.2. The molecule has 0 saturated carbocycles. The monoisotopic (exact) mass is 405 g/mol. The van der Waals surface area contributed by atoms with Crippen LogP contribution in [0.4, 0.5) is 23.0 Å². The number of nitrogens with zero attached hydrogens (tertiary/aromatic N) is 5. The van der Waals surface area contributed by atoms with Crippen LogP contribution in [0.3, 0.4) is 0 Å². The van der Waals surface area contributed by atoms with Gasteiger partial charge in [0, 0.05) is 37.9 Å². The van der Waals surface area contributed by atoms with Gasteiger partial charge in [-0.2, -0.15) is 0 Å². The quantitative estimate of drug-likeness (QED) is 0.544. The van der Waals surface area contributed by atoms with Crippen molar-refractivity contribution in [2.24, 2.45) is 9.98 Å². The van der Waals surface area contributed by atoms with Gasteiger partial charge in [0.25, 0.3) is 0 Å². The summed E-state index contributed by atoms with van der Waals surface area (Å²) in [5.74, 6) is 1.59. The average molecular weight is 406 g/mol. The standard InChI is InChI=1S/C22H27N7O/c1-23-19-12-18(17-5-6-20(26-15-17)29-8-10-30-11-9-29)28-22(21(19)24-2)27-14-16-4-3-7-25-13-16/h4-6,12,15,25H,1-3,7-11,13-14H2,(H,27,28). The number of hydrogen-bond donors (Lipinski definition) is 2. The maximum Gasteiger partial charge on any atom is 0.155 e. The van der Waals surface area contributed by atoms with Gasteiger partial charge >= 0.3 is 0 Å². The van der Waals surface area contributed by atoms with Crippen LogP contribution in [0.25, 0.3) is 11.3 Å². The molecule has 0 unspecified atom stereocenters. The first-order chi connectivity index (χ1) is 14.8. The van der Waals surface area contributed by atoms with Crippen molar-refractivity contribution in [1.29, 1.82) is 0 Å². The molecule has 0 atom stereocenters. The summed E-state index contributed by atoms with van der Waals surface area (Å²) in [5, 5.41) is 6.78. The Bertz CT molecular complexity index is 933. The van der Waals surface area contributed by atoms with Gasteiger partial charge in [0.2, 0.25) is 0 Å². The number of nitrogens with one attached hydrogen (secondary N) is 2. The fraction of sp³-hybridized carbons (Fsp3) is 0.364. The molecule has 156 valence electrons. The van der Waals surface area contributed by atoms with Crippen LogP contribution in [0.1, 0.15) is 6.42 Å². The zero-order chi connectivity index (χ0) is 20.8. The van der Waals surface area contributed by atoms with Crippen molar-refractivity contribution >= 4 is 36.4 Å². The molecule has 2 aromatic rings. The zero-order valence-corrected chi connectivity index (χ0v) is 17.1. The molecule has 0 aromatic carbocycles. The highest BCUT2D eigenvalue weighted by Crippen LogP contribution is 2.37. The summed E-state index contributed by atoms with van der Waals surface area (Å²) < 4.78 is 5.42. The minimum absolute atomic E-state index is 0.607. The van der Waals surface area contributed by atoms with Crippen LogP contribution in [-0.2, 0) is 4.74 Å². The predicted molar refractivity (Wildman–Crippen MR) is 123 cm³/mol. The van der Waals surface area contributed by atoms with Gasteiger partial charge in [-0.05, 0) is 50.2 Å². The molecule has 0 amide bonds. The number of rotatable bonds is 7. The summed E-state index contributed by atoms with van der Waals surface area (Å²) in [5.41, 5.74) is 4.23. The Balaban J connectivity index is 1.59. The third-order valence-electron chi connectivity index (χ3n) is 5.27. The predicted octanol–water partition coefficient (Wildman–Crippen LogP) is 2.98. The second kappa shape index (κ2) is 9.60. The Labute approximate surface area is 176 Å². The highest BCUT2D eigenvalue weighted by molar-refractivity contribution is 5.82. The molecule has 0 radical (unpaired) electrons. The number of anilines is 2. The molecular formula is C22H27N7O. The van der Waals surface area contributed by atoms with Crippen LogP contribution < -0.4 is 15.5 Å². The van der Waals surface area contributed by atoms with Crippen molar-refractivity contribution in [3.8, 4) is 11.3 Å². The molecule has 2 aliphatic rings. The summed E-state index contributed by atoms with van der Waals surface area (Å²) in [6.45, 7) is 13.1. The van der Waals surface area contributed by atoms with Gasteiger partial charge in [0.1, 0.15) is 11.5 Å². The molecular weight excluding hydrogens is 378 g/mol. The molecule has 30 heavy (non-hydrogen) atoms. The summed E-state index contributed by atoms with van der Waals surface area (Å²) in [6, 6.07) is 5.93. The normalized spacial score (nSPS) is 16.7. The van der Waals surface area contributed by atoms with Crippen LogP contribution in [0.15, 0.2) is 46.0 Å². The van der Waals surface area contributed by atoms with Crippen molar-refractivity contribution in [1.82, 2.24) is 15.3 Å². The summed E-state index contributed by atoms with van der Waals surface area (Å²) in [7, 11) is 0. The van der Waals surface area contributed by atoms with Gasteiger partial charge in [0.15, 0.2) is 5.82 Å². The third kappa shape index (κ3) is 4.55. The Hall–Kier alpha value is -3.10. The van der Waals surface area contributed by atoms with E-state index in [2.05, 4.69) is 50.0 Å². The van der Waals surface area contributed by atoms with E-state index >= 15 is 0 Å². The summed E-state index contributed by atoms with van der Waals surface area (Å²) in [6.07, 6.45) is 5.14. The average Bonchev–Trinajstić information content (AvgIpc) is 2.83. The molecule has 0 aliphatic carbocycles. The van der Waals surface area contributed by atoms with Crippen molar-refractivity contribution in [3.05, 3.63) is 36.0 Å². The molecule has 0 spiro atoms. The minimum atomic E-state index is 0.607. The van der Waals surface area contributed by atoms with E-state index in [-0.39, 0.29) is 0 Å². The lowest BCUT2D eigenvalue weighted by Gasteiger charge is -2.27. The van der Waals surface area contributed by atoms with Gasteiger partial charge in [-0.1, -0.05) is 6.08 Å².